The molecule has 0 amide bonds. The molecule has 166 valence electrons. The maximum Gasteiger partial charge on any atom is 0.0966 e. The molecular formula is C23H35N3O3S. The van der Waals surface area contributed by atoms with Crippen LogP contribution in [0.3, 0.4) is 0 Å². The van der Waals surface area contributed by atoms with Crippen LogP contribution in [0.15, 0.2) is 18.5 Å². The fraction of sp³-hybridized carbons (Fsp3) is 0.696. The van der Waals surface area contributed by atoms with Gasteiger partial charge in [0.05, 0.1) is 38.2 Å². The molecule has 0 saturated carbocycles. The standard InChI is InChI=1S/C23H35N3O3S/c1-4-19-11-20-21(30-19)5-10-29-23(20)6-8-25(9-7-23)13-18-12-24-26(14-18)15-22(2,16-27)17-28-3/h11-12,14,27H,4-10,13,15-17H2,1-3H3. The van der Waals surface area contributed by atoms with Crippen LogP contribution >= 0.6 is 11.3 Å². The highest BCUT2D eigenvalue weighted by Gasteiger charge is 2.41. The first-order valence-corrected chi connectivity index (χ1v) is 11.9. The fourth-order valence-electron chi connectivity index (χ4n) is 4.85. The van der Waals surface area contributed by atoms with Crippen LogP contribution in [-0.4, -0.2) is 59.8 Å². The lowest BCUT2D eigenvalue weighted by Gasteiger charge is -2.44. The molecule has 2 aliphatic heterocycles. The zero-order chi connectivity index (χ0) is 21.2. The van der Waals surface area contributed by atoms with Crippen molar-refractivity contribution in [1.82, 2.24) is 14.7 Å². The Morgan fingerprint density at radius 3 is 2.87 bits per heavy atom. The van der Waals surface area contributed by atoms with E-state index in [1.54, 1.807) is 12.0 Å². The number of fused-ring (bicyclic) bond motifs is 2. The number of likely N-dealkylation sites (tertiary alicyclic amines) is 1. The second-order valence-electron chi connectivity index (χ2n) is 9.22. The van der Waals surface area contributed by atoms with E-state index in [0.717, 1.165) is 51.9 Å². The van der Waals surface area contributed by atoms with Gasteiger partial charge in [0.2, 0.25) is 0 Å². The number of rotatable bonds is 8. The first-order valence-electron chi connectivity index (χ1n) is 11.1. The summed E-state index contributed by atoms with van der Waals surface area (Å²) < 4.78 is 13.6. The normalized spacial score (nSPS) is 20.9. The van der Waals surface area contributed by atoms with Gasteiger partial charge in [0.1, 0.15) is 0 Å². The molecule has 0 bridgehead atoms. The third kappa shape index (κ3) is 4.50. The summed E-state index contributed by atoms with van der Waals surface area (Å²) in [5.74, 6) is 0. The number of hydrogen-bond acceptors (Lipinski definition) is 6. The van der Waals surface area contributed by atoms with Crippen molar-refractivity contribution >= 4 is 11.3 Å². The number of methoxy groups -OCH3 is 1. The number of ether oxygens (including phenoxy) is 2. The van der Waals surface area contributed by atoms with E-state index < -0.39 is 0 Å². The molecule has 2 aliphatic rings. The Labute approximate surface area is 183 Å². The van der Waals surface area contributed by atoms with Crippen LogP contribution in [-0.2, 0) is 41.0 Å². The Hall–Kier alpha value is -1.25. The topological polar surface area (TPSA) is 59.8 Å². The van der Waals surface area contributed by atoms with Gasteiger partial charge in [0.15, 0.2) is 0 Å². The quantitative estimate of drug-likeness (QED) is 0.693. The molecule has 4 rings (SSSR count). The average molecular weight is 434 g/mol. The summed E-state index contributed by atoms with van der Waals surface area (Å²) in [4.78, 5) is 5.55. The van der Waals surface area contributed by atoms with Crippen molar-refractivity contribution < 1.29 is 14.6 Å². The van der Waals surface area contributed by atoms with E-state index in [4.69, 9.17) is 9.47 Å². The Kier molecular flexibility index (Phi) is 6.65. The van der Waals surface area contributed by atoms with Crippen molar-refractivity contribution in [3.63, 3.8) is 0 Å². The van der Waals surface area contributed by atoms with Crippen LogP contribution in [0.5, 0.6) is 0 Å². The zero-order valence-corrected chi connectivity index (χ0v) is 19.3. The number of thiophene rings is 1. The Morgan fingerprint density at radius 1 is 1.37 bits per heavy atom. The lowest BCUT2D eigenvalue weighted by Crippen LogP contribution is -2.45. The molecule has 4 heterocycles. The van der Waals surface area contributed by atoms with Gasteiger partial charge < -0.3 is 14.6 Å². The van der Waals surface area contributed by atoms with Gasteiger partial charge in [-0.1, -0.05) is 13.8 Å². The van der Waals surface area contributed by atoms with Gasteiger partial charge in [-0.3, -0.25) is 9.58 Å². The van der Waals surface area contributed by atoms with Crippen molar-refractivity contribution in [2.45, 2.75) is 58.2 Å². The van der Waals surface area contributed by atoms with Gasteiger partial charge in [0.25, 0.3) is 0 Å². The predicted octanol–water partition coefficient (Wildman–Crippen LogP) is 3.22. The minimum atomic E-state index is -0.316. The Balaban J connectivity index is 1.36. The summed E-state index contributed by atoms with van der Waals surface area (Å²) in [6.07, 6.45) is 8.37. The summed E-state index contributed by atoms with van der Waals surface area (Å²) >= 11 is 1.99. The summed E-state index contributed by atoms with van der Waals surface area (Å²) in [6.45, 7) is 9.35. The molecule has 0 aliphatic carbocycles. The second-order valence-corrected chi connectivity index (χ2v) is 10.4. The Morgan fingerprint density at radius 2 is 2.17 bits per heavy atom. The van der Waals surface area contributed by atoms with Gasteiger partial charge in [-0.25, -0.2) is 0 Å². The van der Waals surface area contributed by atoms with Crippen molar-refractivity contribution in [3.8, 4) is 0 Å². The smallest absolute Gasteiger partial charge is 0.0966 e. The molecule has 1 unspecified atom stereocenters. The van der Waals surface area contributed by atoms with Crippen LogP contribution in [0.1, 0.15) is 47.6 Å². The summed E-state index contributed by atoms with van der Waals surface area (Å²) in [6, 6.07) is 2.41. The number of aromatic nitrogens is 2. The van der Waals surface area contributed by atoms with Crippen LogP contribution < -0.4 is 0 Å². The molecule has 1 atom stereocenters. The number of hydrogen-bond donors (Lipinski definition) is 1. The molecule has 1 N–H and O–H groups in total. The highest BCUT2D eigenvalue weighted by Crippen LogP contribution is 2.44. The van der Waals surface area contributed by atoms with Crippen LogP contribution in [0.2, 0.25) is 0 Å². The number of nitrogens with zero attached hydrogens (tertiary/aromatic N) is 3. The highest BCUT2D eigenvalue weighted by atomic mass is 32.1. The molecule has 0 radical (unpaired) electrons. The van der Waals surface area contributed by atoms with Crippen molar-refractivity contribution in [2.75, 3.05) is 40.0 Å². The maximum absolute atomic E-state index is 9.71. The van der Waals surface area contributed by atoms with Gasteiger partial charge in [0, 0.05) is 60.1 Å². The molecule has 6 nitrogen and oxygen atoms in total. The maximum atomic E-state index is 9.71. The average Bonchev–Trinajstić information content (AvgIpc) is 3.37. The summed E-state index contributed by atoms with van der Waals surface area (Å²) in [5.41, 5.74) is 2.31. The highest BCUT2D eigenvalue weighted by molar-refractivity contribution is 7.12. The number of aryl methyl sites for hydroxylation is 1. The lowest BCUT2D eigenvalue weighted by atomic mass is 9.82. The lowest BCUT2D eigenvalue weighted by molar-refractivity contribution is -0.0981. The van der Waals surface area contributed by atoms with E-state index in [1.165, 1.54) is 16.0 Å². The molecule has 7 heteroatoms. The Bertz CT molecular complexity index is 841. The van der Waals surface area contributed by atoms with Crippen molar-refractivity contribution in [1.29, 1.82) is 0 Å². The summed E-state index contributed by atoms with van der Waals surface area (Å²) in [5, 5.41) is 14.2. The molecule has 1 spiro atoms. The third-order valence-electron chi connectivity index (χ3n) is 6.58. The molecular weight excluding hydrogens is 398 g/mol. The van der Waals surface area contributed by atoms with E-state index in [2.05, 4.69) is 29.2 Å². The SMILES string of the molecule is CCc1cc2c(s1)CCOC21CCN(Cc2cnn(CC(C)(CO)COC)c2)CC1. The van der Waals surface area contributed by atoms with E-state index in [1.807, 2.05) is 29.1 Å². The number of aliphatic hydroxyl groups is 1. The third-order valence-corrected chi connectivity index (χ3v) is 7.92. The van der Waals surface area contributed by atoms with E-state index in [-0.39, 0.29) is 17.6 Å². The first kappa shape index (κ1) is 22.0. The van der Waals surface area contributed by atoms with Gasteiger partial charge in [-0.2, -0.15) is 5.10 Å². The van der Waals surface area contributed by atoms with Gasteiger partial charge in [-0.05, 0) is 30.9 Å². The van der Waals surface area contributed by atoms with Gasteiger partial charge >= 0.3 is 0 Å². The molecule has 2 aromatic heterocycles. The number of aliphatic hydroxyl groups excluding tert-OH is 1. The first-order chi connectivity index (χ1) is 14.5. The number of piperidine rings is 1. The largest absolute Gasteiger partial charge is 0.396 e. The second kappa shape index (κ2) is 9.09. The van der Waals surface area contributed by atoms with Crippen molar-refractivity contribution in [2.24, 2.45) is 5.41 Å². The van der Waals surface area contributed by atoms with E-state index >= 15 is 0 Å². The minimum absolute atomic E-state index is 0.0682. The fourth-order valence-corrected chi connectivity index (χ4v) is 6.02. The molecule has 2 aromatic rings. The minimum Gasteiger partial charge on any atom is -0.396 e. The van der Waals surface area contributed by atoms with Crippen molar-refractivity contribution in [3.05, 3.63) is 39.3 Å². The van der Waals surface area contributed by atoms with Gasteiger partial charge in [-0.15, -0.1) is 11.3 Å². The van der Waals surface area contributed by atoms with Crippen LogP contribution in [0.25, 0.3) is 0 Å². The monoisotopic (exact) mass is 433 g/mol. The predicted molar refractivity (Wildman–Crippen MR) is 119 cm³/mol. The van der Waals surface area contributed by atoms with E-state index in [9.17, 15) is 5.11 Å². The van der Waals surface area contributed by atoms with Crippen LogP contribution in [0, 0.1) is 5.41 Å². The molecule has 1 saturated heterocycles. The van der Waals surface area contributed by atoms with E-state index in [0.29, 0.717) is 13.2 Å². The summed E-state index contributed by atoms with van der Waals surface area (Å²) in [7, 11) is 1.67. The zero-order valence-electron chi connectivity index (χ0n) is 18.5. The molecule has 1 fully saturated rings. The molecule has 30 heavy (non-hydrogen) atoms. The van der Waals surface area contributed by atoms with Crippen LogP contribution in [0.4, 0.5) is 0 Å². The molecule has 0 aromatic carbocycles.